The van der Waals surface area contributed by atoms with Crippen molar-refractivity contribution in [2.24, 2.45) is 5.10 Å². The van der Waals surface area contributed by atoms with Crippen molar-refractivity contribution in [2.75, 3.05) is 13.7 Å². The summed E-state index contributed by atoms with van der Waals surface area (Å²) in [5.74, 6) is 0.634. The summed E-state index contributed by atoms with van der Waals surface area (Å²) in [6.45, 7) is 5.67. The lowest BCUT2D eigenvalue weighted by molar-refractivity contribution is -0.121. The van der Waals surface area contributed by atoms with E-state index in [0.717, 1.165) is 43.2 Å². The predicted octanol–water partition coefficient (Wildman–Crippen LogP) is 5.67. The Morgan fingerprint density at radius 2 is 1.66 bits per heavy atom. The van der Waals surface area contributed by atoms with Gasteiger partial charge in [0, 0.05) is 6.04 Å². The summed E-state index contributed by atoms with van der Waals surface area (Å²) < 4.78 is 40.6. The lowest BCUT2D eigenvalue weighted by Crippen LogP contribution is -2.46. The molecule has 0 atom stereocenters. The average Bonchev–Trinajstić information content (AvgIpc) is 2.95. The number of amides is 1. The summed E-state index contributed by atoms with van der Waals surface area (Å²) in [5, 5.41) is 4.10. The summed E-state index contributed by atoms with van der Waals surface area (Å²) in [7, 11) is -2.34. The van der Waals surface area contributed by atoms with Crippen LogP contribution in [0.5, 0.6) is 11.5 Å². The van der Waals surface area contributed by atoms with Gasteiger partial charge in [-0.25, -0.2) is 13.8 Å². The SMILES string of the molecule is COc1cc(/C=N/NC(=O)CN(C2CCCCC2)S(=O)(=O)c2c(C)cc(C)cc2C)ccc1OCc1ccccc1. The maximum Gasteiger partial charge on any atom is 0.255 e. The largest absolute Gasteiger partial charge is 0.493 e. The third-order valence-corrected chi connectivity index (χ3v) is 9.49. The van der Waals surface area contributed by atoms with E-state index in [9.17, 15) is 13.2 Å². The van der Waals surface area contributed by atoms with Crippen molar-refractivity contribution in [2.45, 2.75) is 70.4 Å². The zero-order chi connectivity index (χ0) is 29.4. The molecule has 1 aliphatic carbocycles. The van der Waals surface area contributed by atoms with Gasteiger partial charge in [-0.1, -0.05) is 67.3 Å². The van der Waals surface area contributed by atoms with E-state index in [1.165, 1.54) is 10.5 Å². The Morgan fingerprint density at radius 1 is 0.976 bits per heavy atom. The molecule has 8 nitrogen and oxygen atoms in total. The van der Waals surface area contributed by atoms with Crippen molar-refractivity contribution in [1.82, 2.24) is 9.73 Å². The van der Waals surface area contributed by atoms with Crippen LogP contribution in [0.2, 0.25) is 0 Å². The highest BCUT2D eigenvalue weighted by atomic mass is 32.2. The molecule has 1 N–H and O–H groups in total. The number of carbonyl (C=O) groups excluding carboxylic acids is 1. The van der Waals surface area contributed by atoms with Gasteiger partial charge in [-0.2, -0.15) is 9.41 Å². The summed E-state index contributed by atoms with van der Waals surface area (Å²) in [5.41, 5.74) is 6.62. The van der Waals surface area contributed by atoms with E-state index in [1.807, 2.05) is 63.2 Å². The van der Waals surface area contributed by atoms with Gasteiger partial charge < -0.3 is 9.47 Å². The number of sulfonamides is 1. The van der Waals surface area contributed by atoms with E-state index in [-0.39, 0.29) is 17.5 Å². The summed E-state index contributed by atoms with van der Waals surface area (Å²) >= 11 is 0. The van der Waals surface area contributed by atoms with Crippen LogP contribution in [0.1, 0.15) is 59.9 Å². The number of nitrogens with zero attached hydrogens (tertiary/aromatic N) is 2. The molecule has 0 aliphatic heterocycles. The summed E-state index contributed by atoms with van der Waals surface area (Å²) in [4.78, 5) is 13.3. The van der Waals surface area contributed by atoms with Gasteiger partial charge in [-0.15, -0.1) is 0 Å². The molecule has 4 rings (SSSR count). The smallest absolute Gasteiger partial charge is 0.255 e. The monoisotopic (exact) mass is 577 g/mol. The number of nitrogens with one attached hydrogen (secondary N) is 1. The number of hydrogen-bond acceptors (Lipinski definition) is 6. The molecule has 0 saturated heterocycles. The van der Waals surface area contributed by atoms with Gasteiger partial charge in [0.15, 0.2) is 11.5 Å². The number of aryl methyl sites for hydroxylation is 3. The quantitative estimate of drug-likeness (QED) is 0.234. The van der Waals surface area contributed by atoms with Gasteiger partial charge in [0.2, 0.25) is 10.0 Å². The molecule has 3 aromatic rings. The van der Waals surface area contributed by atoms with Crippen molar-refractivity contribution in [3.8, 4) is 11.5 Å². The van der Waals surface area contributed by atoms with Gasteiger partial charge in [0.1, 0.15) is 6.61 Å². The number of methoxy groups -OCH3 is 1. The molecule has 9 heteroatoms. The Morgan fingerprint density at radius 3 is 2.32 bits per heavy atom. The van der Waals surface area contributed by atoms with Crippen LogP contribution in [-0.4, -0.2) is 44.5 Å². The number of ether oxygens (including phenoxy) is 2. The van der Waals surface area contributed by atoms with Crippen molar-refractivity contribution < 1.29 is 22.7 Å². The molecular formula is C32H39N3O5S. The van der Waals surface area contributed by atoms with Crippen molar-refractivity contribution in [3.63, 3.8) is 0 Å². The molecule has 0 spiro atoms. The molecule has 1 aliphatic rings. The van der Waals surface area contributed by atoms with Crippen molar-refractivity contribution >= 4 is 22.1 Å². The molecule has 0 radical (unpaired) electrons. The Hall–Kier alpha value is -3.69. The Kier molecular flexibility index (Phi) is 10.2. The fourth-order valence-corrected chi connectivity index (χ4v) is 7.50. The van der Waals surface area contributed by atoms with Crippen LogP contribution in [0, 0.1) is 20.8 Å². The molecule has 0 aromatic heterocycles. The second kappa shape index (κ2) is 13.8. The van der Waals surface area contributed by atoms with E-state index in [0.29, 0.717) is 34.8 Å². The average molecular weight is 578 g/mol. The lowest BCUT2D eigenvalue weighted by Gasteiger charge is -2.33. The highest BCUT2D eigenvalue weighted by molar-refractivity contribution is 7.89. The topological polar surface area (TPSA) is 97.3 Å². The summed E-state index contributed by atoms with van der Waals surface area (Å²) in [6, 6.07) is 18.7. The van der Waals surface area contributed by atoms with E-state index in [4.69, 9.17) is 9.47 Å². The molecular weight excluding hydrogens is 538 g/mol. The van der Waals surface area contributed by atoms with Crippen molar-refractivity contribution in [3.05, 3.63) is 88.5 Å². The third kappa shape index (κ3) is 7.74. The maximum atomic E-state index is 13.9. The molecule has 41 heavy (non-hydrogen) atoms. The van der Waals surface area contributed by atoms with Crippen molar-refractivity contribution in [1.29, 1.82) is 0 Å². The zero-order valence-corrected chi connectivity index (χ0v) is 25.0. The molecule has 3 aromatic carbocycles. The third-order valence-electron chi connectivity index (χ3n) is 7.28. The maximum absolute atomic E-state index is 13.9. The standard InChI is InChI=1S/C32H39N3O5S/c1-23-17-24(2)32(25(3)18-23)41(37,38)35(28-13-9-6-10-14-28)21-31(36)34-33-20-27-15-16-29(30(19-27)39-4)40-22-26-11-7-5-8-12-26/h5,7-8,11-12,15-20,28H,6,9-10,13-14,21-22H2,1-4H3,(H,34,36)/b33-20+. The fourth-order valence-electron chi connectivity index (χ4n) is 5.45. The lowest BCUT2D eigenvalue weighted by atomic mass is 9.95. The van der Waals surface area contributed by atoms with Crippen LogP contribution in [0.4, 0.5) is 0 Å². The van der Waals surface area contributed by atoms with E-state index in [1.54, 1.807) is 25.3 Å². The van der Waals surface area contributed by atoms with Gasteiger partial charge >= 0.3 is 0 Å². The minimum Gasteiger partial charge on any atom is -0.493 e. The molecule has 1 saturated carbocycles. The number of hydrogen-bond donors (Lipinski definition) is 1. The normalized spacial score (nSPS) is 14.4. The first-order valence-electron chi connectivity index (χ1n) is 14.0. The van der Waals surface area contributed by atoms with E-state index >= 15 is 0 Å². The van der Waals surface area contributed by atoms with E-state index in [2.05, 4.69) is 10.5 Å². The number of rotatable bonds is 11. The van der Waals surface area contributed by atoms with Crippen LogP contribution < -0.4 is 14.9 Å². The summed E-state index contributed by atoms with van der Waals surface area (Å²) in [6.07, 6.45) is 5.92. The van der Waals surface area contributed by atoms with Crippen LogP contribution in [-0.2, 0) is 21.4 Å². The molecule has 0 bridgehead atoms. The minimum absolute atomic E-state index is 0.226. The minimum atomic E-state index is -3.90. The van der Waals surface area contributed by atoms with Crippen LogP contribution >= 0.6 is 0 Å². The first-order valence-corrected chi connectivity index (χ1v) is 15.4. The van der Waals surface area contributed by atoms with Gasteiger partial charge in [0.05, 0.1) is 24.8 Å². The number of hydrazone groups is 1. The molecule has 0 heterocycles. The second-order valence-corrected chi connectivity index (χ2v) is 12.4. The zero-order valence-electron chi connectivity index (χ0n) is 24.2. The second-order valence-electron chi connectivity index (χ2n) is 10.5. The van der Waals surface area contributed by atoms with Crippen LogP contribution in [0.25, 0.3) is 0 Å². The Bertz CT molecular complexity index is 1460. The predicted molar refractivity (Wildman–Crippen MR) is 161 cm³/mol. The van der Waals surface area contributed by atoms with Gasteiger partial charge in [-0.05, 0) is 74.1 Å². The number of carbonyl (C=O) groups is 1. The highest BCUT2D eigenvalue weighted by Gasteiger charge is 2.35. The molecule has 218 valence electrons. The molecule has 1 amide bonds. The van der Waals surface area contributed by atoms with Gasteiger partial charge in [-0.3, -0.25) is 4.79 Å². The fraction of sp³-hybridized carbons (Fsp3) is 0.375. The van der Waals surface area contributed by atoms with Gasteiger partial charge in [0.25, 0.3) is 5.91 Å². The Labute approximate surface area is 243 Å². The number of benzene rings is 3. The first kappa shape index (κ1) is 30.3. The van der Waals surface area contributed by atoms with Crippen LogP contribution in [0.3, 0.4) is 0 Å². The van der Waals surface area contributed by atoms with Crippen LogP contribution in [0.15, 0.2) is 70.7 Å². The highest BCUT2D eigenvalue weighted by Crippen LogP contribution is 2.31. The molecule has 0 unspecified atom stereocenters. The first-order chi connectivity index (χ1) is 19.7. The molecule has 1 fully saturated rings. The van der Waals surface area contributed by atoms with E-state index < -0.39 is 15.9 Å². The Balaban J connectivity index is 1.46.